The zero-order valence-electron chi connectivity index (χ0n) is 28.7. The van der Waals surface area contributed by atoms with Crippen molar-refractivity contribution in [1.82, 2.24) is 10.6 Å². The van der Waals surface area contributed by atoms with E-state index in [1.807, 2.05) is 0 Å². The molecule has 2 fully saturated rings. The Kier molecular flexibility index (Phi) is 20.3. The minimum absolute atomic E-state index is 0.561. The van der Waals surface area contributed by atoms with Gasteiger partial charge < -0.3 is 116 Å². The Labute approximate surface area is 306 Å². The topological polar surface area (TPSA) is 439 Å². The van der Waals surface area contributed by atoms with E-state index in [4.69, 9.17) is 18.9 Å². The van der Waals surface area contributed by atoms with Gasteiger partial charge in [-0.3, -0.25) is 9.59 Å². The van der Waals surface area contributed by atoms with E-state index in [1.54, 1.807) is 0 Å². The number of hydrogen-bond donors (Lipinski definition) is 19. The van der Waals surface area contributed by atoms with Gasteiger partial charge in [0.1, 0.15) is 85.5 Å². The van der Waals surface area contributed by atoms with Gasteiger partial charge in [-0.1, -0.05) is 0 Å². The third kappa shape index (κ3) is 13.1. The van der Waals surface area contributed by atoms with Crippen LogP contribution in [-0.4, -0.2) is 254 Å². The van der Waals surface area contributed by atoms with Gasteiger partial charge in [0.2, 0.25) is 11.8 Å². The van der Waals surface area contributed by atoms with E-state index in [0.29, 0.717) is 0 Å². The summed E-state index contributed by atoms with van der Waals surface area (Å²) in [5.74, 6) is -1.99. The molecule has 25 heteroatoms. The van der Waals surface area contributed by atoms with E-state index >= 15 is 0 Å². The molecule has 2 amide bonds. The Morgan fingerprint density at radius 1 is 0.519 bits per heavy atom. The number of carbonyl (C=O) groups is 2. The molecule has 0 aromatic carbocycles. The van der Waals surface area contributed by atoms with Crippen molar-refractivity contribution in [3.8, 4) is 0 Å². The van der Waals surface area contributed by atoms with Crippen LogP contribution in [0.1, 0.15) is 12.8 Å². The smallest absolute Gasteiger partial charge is 0.222 e. The van der Waals surface area contributed by atoms with Crippen LogP contribution in [0.25, 0.3) is 0 Å². The maximum atomic E-state index is 12.4. The Morgan fingerprint density at radius 3 is 1.15 bits per heavy atom. The van der Waals surface area contributed by atoms with E-state index in [2.05, 4.69) is 10.6 Å². The van der Waals surface area contributed by atoms with Crippen LogP contribution in [0.3, 0.4) is 0 Å². The highest BCUT2D eigenvalue weighted by atomic mass is 16.7. The predicted molar refractivity (Wildman–Crippen MR) is 169 cm³/mol. The molecule has 18 atom stereocenters. The number of hydrogen-bond acceptors (Lipinski definition) is 23. The highest BCUT2D eigenvalue weighted by Crippen LogP contribution is 2.27. The zero-order valence-corrected chi connectivity index (χ0v) is 28.7. The van der Waals surface area contributed by atoms with E-state index in [0.717, 1.165) is 0 Å². The fourth-order valence-electron chi connectivity index (χ4n) is 5.41. The molecule has 54 heavy (non-hydrogen) atoms. The minimum Gasteiger partial charge on any atom is -0.394 e. The van der Waals surface area contributed by atoms with Crippen molar-refractivity contribution in [2.24, 2.45) is 0 Å². The lowest BCUT2D eigenvalue weighted by atomic mass is 9.98. The first-order valence-electron chi connectivity index (χ1n) is 16.8. The molecule has 0 aliphatic carbocycles. The number of ether oxygens (including phenoxy) is 4. The van der Waals surface area contributed by atoms with E-state index in [1.165, 1.54) is 0 Å². The molecule has 0 aromatic rings. The summed E-state index contributed by atoms with van der Waals surface area (Å²) >= 11 is 0. The molecule has 2 aliphatic heterocycles. The molecule has 0 unspecified atom stereocenters. The van der Waals surface area contributed by atoms with Crippen molar-refractivity contribution in [3.63, 3.8) is 0 Å². The van der Waals surface area contributed by atoms with Gasteiger partial charge in [0, 0.05) is 13.1 Å². The third-order valence-corrected chi connectivity index (χ3v) is 8.73. The highest BCUT2D eigenvalue weighted by Gasteiger charge is 2.48. The van der Waals surface area contributed by atoms with Crippen molar-refractivity contribution in [2.75, 3.05) is 39.5 Å². The number of aliphatic hydroxyl groups excluding tert-OH is 17. The standard InChI is InChI=1S/C29H54N2O23/c32-5-12(39)26(53-28-24(49)22(47)20(45)14(7-34)51-28)18(43)10(37)1-16(41)30-3-9(36)4-31-17(42)2-11(38)19(44)27(13(40)6-33)54-29-25(50)23(48)21(46)15(8-35)52-29/h9-15,18-29,32-40,43-50H,1-8H2,(H,30,41)(H,31,42)/t10-,11-,12+,13+,14+,15+,18+,19+,20+,21+,22-,23-,24+,25+,26-,27-,28+,29+/m0/s1. The molecular formula is C29H54N2O23. The summed E-state index contributed by atoms with van der Waals surface area (Å²) in [6.45, 7) is -4.93. The number of amides is 2. The van der Waals surface area contributed by atoms with Gasteiger partial charge in [0.15, 0.2) is 12.6 Å². The number of rotatable bonds is 22. The number of nitrogens with one attached hydrogen (secondary N) is 2. The van der Waals surface area contributed by atoms with Crippen LogP contribution in [0.5, 0.6) is 0 Å². The summed E-state index contributed by atoms with van der Waals surface area (Å²) in [7, 11) is 0. The van der Waals surface area contributed by atoms with Gasteiger partial charge in [-0.2, -0.15) is 0 Å². The van der Waals surface area contributed by atoms with Crippen LogP contribution in [0.2, 0.25) is 0 Å². The molecule has 0 saturated carbocycles. The molecule has 25 nitrogen and oxygen atoms in total. The third-order valence-electron chi connectivity index (χ3n) is 8.73. The molecule has 2 saturated heterocycles. The molecular weight excluding hydrogens is 744 g/mol. The van der Waals surface area contributed by atoms with Crippen molar-refractivity contribution < 1.29 is 115 Å². The number of aliphatic hydroxyl groups is 17. The maximum absolute atomic E-state index is 12.4. The first kappa shape index (κ1) is 48.2. The second-order valence-electron chi connectivity index (χ2n) is 12.9. The molecule has 0 bridgehead atoms. The first-order chi connectivity index (χ1) is 25.3. The molecule has 2 rings (SSSR count). The molecule has 0 aromatic heterocycles. The van der Waals surface area contributed by atoms with E-state index in [-0.39, 0.29) is 0 Å². The molecule has 318 valence electrons. The lowest BCUT2D eigenvalue weighted by Gasteiger charge is -2.42. The summed E-state index contributed by atoms with van der Waals surface area (Å²) in [6, 6.07) is 0. The SMILES string of the molecule is O=C(C[C@H](O)[C@@H](O)[C@@H](O[C@H]1O[C@H](CO)[C@@H](O)[C@H](O)[C@H]1O)[C@H](O)CO)NCC(O)CNC(=O)C[C@H](O)[C@@H](O)[C@@H](O[C@H]1O[C@H](CO)[C@@H](O)[C@H](O)[C@H]1O)[C@H](O)CO. The van der Waals surface area contributed by atoms with E-state index < -0.39 is 181 Å². The molecule has 19 N–H and O–H groups in total. The molecule has 2 heterocycles. The lowest BCUT2D eigenvalue weighted by Crippen LogP contribution is -2.61. The largest absolute Gasteiger partial charge is 0.394 e. The average Bonchev–Trinajstić information content (AvgIpc) is 3.15. The van der Waals surface area contributed by atoms with Gasteiger partial charge >= 0.3 is 0 Å². The zero-order chi connectivity index (χ0) is 41.0. The minimum atomic E-state index is -2.16. The summed E-state index contributed by atoms with van der Waals surface area (Å²) in [6.07, 6.45) is -37.4. The van der Waals surface area contributed by atoms with Crippen LogP contribution < -0.4 is 10.6 Å². The van der Waals surface area contributed by atoms with Crippen LogP contribution in [0, 0.1) is 0 Å². The summed E-state index contributed by atoms with van der Waals surface area (Å²) in [5, 5.41) is 174. The Bertz CT molecular complexity index is 1030. The Balaban J connectivity index is 1.87. The second kappa shape index (κ2) is 22.7. The summed E-state index contributed by atoms with van der Waals surface area (Å²) < 4.78 is 20.8. The second-order valence-corrected chi connectivity index (χ2v) is 12.9. The van der Waals surface area contributed by atoms with Gasteiger partial charge in [-0.05, 0) is 0 Å². The van der Waals surface area contributed by atoms with Gasteiger partial charge in [-0.25, -0.2) is 0 Å². The normalized spacial score (nSPS) is 33.6. The van der Waals surface area contributed by atoms with Crippen molar-refractivity contribution in [2.45, 2.75) is 129 Å². The van der Waals surface area contributed by atoms with Crippen molar-refractivity contribution >= 4 is 11.8 Å². The number of carbonyl (C=O) groups excluding carboxylic acids is 2. The van der Waals surface area contributed by atoms with Crippen LogP contribution in [0.4, 0.5) is 0 Å². The molecule has 0 spiro atoms. The Hall–Kier alpha value is -1.90. The average molecular weight is 799 g/mol. The maximum Gasteiger partial charge on any atom is 0.222 e. The van der Waals surface area contributed by atoms with Gasteiger partial charge in [0.25, 0.3) is 0 Å². The first-order valence-corrected chi connectivity index (χ1v) is 16.8. The van der Waals surface area contributed by atoms with Crippen LogP contribution in [0.15, 0.2) is 0 Å². The van der Waals surface area contributed by atoms with Crippen LogP contribution in [-0.2, 0) is 28.5 Å². The summed E-state index contributed by atoms with van der Waals surface area (Å²) in [5.41, 5.74) is 0. The lowest BCUT2D eigenvalue weighted by molar-refractivity contribution is -0.327. The van der Waals surface area contributed by atoms with Crippen molar-refractivity contribution in [3.05, 3.63) is 0 Å². The quantitative estimate of drug-likeness (QED) is 0.0483. The highest BCUT2D eigenvalue weighted by molar-refractivity contribution is 5.77. The summed E-state index contributed by atoms with van der Waals surface area (Å²) in [4.78, 5) is 24.8. The monoisotopic (exact) mass is 798 g/mol. The Morgan fingerprint density at radius 2 is 0.852 bits per heavy atom. The molecule has 0 radical (unpaired) electrons. The fourth-order valence-corrected chi connectivity index (χ4v) is 5.41. The molecule has 2 aliphatic rings. The van der Waals surface area contributed by atoms with Crippen molar-refractivity contribution in [1.29, 1.82) is 0 Å². The fraction of sp³-hybridized carbons (Fsp3) is 0.931. The van der Waals surface area contributed by atoms with Gasteiger partial charge in [0.05, 0.1) is 57.6 Å². The van der Waals surface area contributed by atoms with Crippen LogP contribution >= 0.6 is 0 Å². The van der Waals surface area contributed by atoms with E-state index in [9.17, 15) is 96.4 Å². The predicted octanol–water partition coefficient (Wildman–Crippen LogP) is -12.1. The van der Waals surface area contributed by atoms with Gasteiger partial charge in [-0.15, -0.1) is 0 Å².